The minimum Gasteiger partial charge on any atom is -0.376 e. The Hall–Kier alpha value is -1.82. The molecular weight excluding hydrogens is 328 g/mol. The Morgan fingerprint density at radius 3 is 2.31 bits per heavy atom. The Morgan fingerprint density at radius 1 is 1.04 bits per heavy atom. The molecule has 6 heteroatoms. The van der Waals surface area contributed by atoms with Crippen LogP contribution in [0.1, 0.15) is 32.1 Å². The number of anilines is 2. The first-order valence-electron chi connectivity index (χ1n) is 10.2. The van der Waals surface area contributed by atoms with Crippen molar-refractivity contribution in [3.63, 3.8) is 0 Å². The fourth-order valence-electron chi connectivity index (χ4n) is 6.26. The zero-order valence-corrected chi connectivity index (χ0v) is 15.2. The van der Waals surface area contributed by atoms with Crippen molar-refractivity contribution in [1.29, 1.82) is 0 Å². The van der Waals surface area contributed by atoms with Crippen molar-refractivity contribution in [1.82, 2.24) is 5.32 Å². The van der Waals surface area contributed by atoms with Gasteiger partial charge in [0.05, 0.1) is 4.92 Å². The molecule has 4 saturated carbocycles. The maximum Gasteiger partial charge on any atom is 0.292 e. The fraction of sp³-hybridized carbons (Fsp3) is 0.700. The molecule has 0 amide bonds. The molecule has 0 unspecified atom stereocenters. The van der Waals surface area contributed by atoms with E-state index >= 15 is 0 Å². The lowest BCUT2D eigenvalue weighted by atomic mass is 9.54. The largest absolute Gasteiger partial charge is 0.376 e. The Kier molecular flexibility index (Phi) is 4.03. The number of nitrogens with zero attached hydrogens (tertiary/aromatic N) is 2. The lowest BCUT2D eigenvalue weighted by Gasteiger charge is -2.54. The second-order valence-corrected chi connectivity index (χ2v) is 8.80. The number of nitro groups is 1. The number of nitro benzene ring substituents is 1. The third-order valence-corrected chi connectivity index (χ3v) is 7.21. The molecule has 5 fully saturated rings. The lowest BCUT2D eigenvalue weighted by molar-refractivity contribution is -0.384. The van der Waals surface area contributed by atoms with Crippen LogP contribution in [0.4, 0.5) is 17.1 Å². The van der Waals surface area contributed by atoms with Gasteiger partial charge in [-0.3, -0.25) is 10.1 Å². The van der Waals surface area contributed by atoms with E-state index in [2.05, 4.69) is 15.5 Å². The smallest absolute Gasteiger partial charge is 0.292 e. The van der Waals surface area contributed by atoms with Crippen molar-refractivity contribution < 1.29 is 4.92 Å². The van der Waals surface area contributed by atoms with Crippen molar-refractivity contribution in [2.24, 2.45) is 23.7 Å². The number of nitrogens with one attached hydrogen (secondary N) is 2. The average molecular weight is 356 g/mol. The third kappa shape index (κ3) is 2.84. The van der Waals surface area contributed by atoms with Gasteiger partial charge < -0.3 is 15.5 Å². The van der Waals surface area contributed by atoms with Crippen LogP contribution in [0.5, 0.6) is 0 Å². The Morgan fingerprint density at radius 2 is 1.69 bits per heavy atom. The van der Waals surface area contributed by atoms with E-state index in [1.807, 2.05) is 12.1 Å². The molecule has 0 radical (unpaired) electrons. The third-order valence-electron chi connectivity index (χ3n) is 7.21. The summed E-state index contributed by atoms with van der Waals surface area (Å²) >= 11 is 0. The van der Waals surface area contributed by atoms with E-state index in [4.69, 9.17) is 0 Å². The summed E-state index contributed by atoms with van der Waals surface area (Å²) < 4.78 is 0. The Balaban J connectivity index is 1.42. The number of benzene rings is 1. The predicted molar refractivity (Wildman–Crippen MR) is 103 cm³/mol. The maximum absolute atomic E-state index is 11.6. The zero-order valence-electron chi connectivity index (χ0n) is 15.2. The number of hydrogen-bond donors (Lipinski definition) is 2. The molecule has 6 nitrogen and oxygen atoms in total. The maximum atomic E-state index is 11.6. The van der Waals surface area contributed by atoms with Gasteiger partial charge in [0, 0.05) is 44.0 Å². The predicted octanol–water partition coefficient (Wildman–Crippen LogP) is 3.24. The van der Waals surface area contributed by atoms with Crippen LogP contribution in [0, 0.1) is 33.8 Å². The van der Waals surface area contributed by atoms with Gasteiger partial charge >= 0.3 is 0 Å². The van der Waals surface area contributed by atoms with Gasteiger partial charge in [0.2, 0.25) is 0 Å². The highest BCUT2D eigenvalue weighted by Crippen LogP contribution is 2.54. The summed E-state index contributed by atoms with van der Waals surface area (Å²) in [6.07, 6.45) is 6.69. The number of hydrogen-bond acceptors (Lipinski definition) is 5. The molecule has 1 aromatic carbocycles. The monoisotopic (exact) mass is 356 g/mol. The molecule has 1 saturated heterocycles. The van der Waals surface area contributed by atoms with E-state index in [1.54, 1.807) is 6.07 Å². The summed E-state index contributed by atoms with van der Waals surface area (Å²) in [6.45, 7) is 3.84. The Labute approximate surface area is 154 Å². The van der Waals surface area contributed by atoms with Crippen molar-refractivity contribution in [3.05, 3.63) is 28.3 Å². The molecular formula is C20H28N4O2. The van der Waals surface area contributed by atoms with Gasteiger partial charge in [-0.1, -0.05) is 0 Å². The molecule has 1 aliphatic heterocycles. The molecule has 0 aromatic heterocycles. The summed E-state index contributed by atoms with van der Waals surface area (Å²) in [6, 6.07) is 6.04. The van der Waals surface area contributed by atoms with Gasteiger partial charge in [-0.15, -0.1) is 0 Å². The van der Waals surface area contributed by atoms with Crippen LogP contribution in [0.3, 0.4) is 0 Å². The highest BCUT2D eigenvalue weighted by Gasteiger charge is 2.48. The first-order valence-corrected chi connectivity index (χ1v) is 10.2. The zero-order chi connectivity index (χ0) is 17.7. The van der Waals surface area contributed by atoms with Crippen LogP contribution < -0.4 is 15.5 Å². The summed E-state index contributed by atoms with van der Waals surface area (Å²) in [7, 11) is 0. The van der Waals surface area contributed by atoms with Crippen molar-refractivity contribution >= 4 is 17.1 Å². The van der Waals surface area contributed by atoms with E-state index in [-0.39, 0.29) is 10.6 Å². The minimum atomic E-state index is -0.236. The summed E-state index contributed by atoms with van der Waals surface area (Å²) in [4.78, 5) is 13.7. The van der Waals surface area contributed by atoms with Gasteiger partial charge in [-0.25, -0.2) is 0 Å². The van der Waals surface area contributed by atoms with Crippen LogP contribution in [0.15, 0.2) is 18.2 Å². The fourth-order valence-corrected chi connectivity index (χ4v) is 6.26. The molecule has 1 heterocycles. The molecule has 2 N–H and O–H groups in total. The van der Waals surface area contributed by atoms with E-state index in [1.165, 1.54) is 32.1 Å². The molecule has 5 aliphatic rings. The first kappa shape index (κ1) is 16.4. The molecule has 26 heavy (non-hydrogen) atoms. The number of rotatable bonds is 4. The van der Waals surface area contributed by atoms with E-state index in [0.717, 1.165) is 49.4 Å². The average Bonchev–Trinajstić information content (AvgIpc) is 2.64. The van der Waals surface area contributed by atoms with Crippen LogP contribution in [-0.4, -0.2) is 37.1 Å². The SMILES string of the molecule is O=[N+]([O-])c1ccc(N2CCNCC2)cc1NC1C2CC3CC(C2)CC1C3. The van der Waals surface area contributed by atoms with Crippen LogP contribution in [0.25, 0.3) is 0 Å². The van der Waals surface area contributed by atoms with Crippen molar-refractivity contribution in [3.8, 4) is 0 Å². The van der Waals surface area contributed by atoms with Crippen LogP contribution in [-0.2, 0) is 0 Å². The van der Waals surface area contributed by atoms with E-state index in [9.17, 15) is 10.1 Å². The van der Waals surface area contributed by atoms with E-state index in [0.29, 0.717) is 17.9 Å². The van der Waals surface area contributed by atoms with Gasteiger partial charge in [0.15, 0.2) is 0 Å². The lowest BCUT2D eigenvalue weighted by Crippen LogP contribution is -2.51. The van der Waals surface area contributed by atoms with Gasteiger partial charge in [-0.2, -0.15) is 0 Å². The molecule has 1 aromatic rings. The summed E-state index contributed by atoms with van der Waals surface area (Å²) in [5.41, 5.74) is 2.05. The first-order chi connectivity index (χ1) is 12.7. The second kappa shape index (κ2) is 6.41. The van der Waals surface area contributed by atoms with Gasteiger partial charge in [0.1, 0.15) is 5.69 Å². The molecule has 4 bridgehead atoms. The standard InChI is InChI=1S/C20H28N4O2/c25-24(26)19-2-1-17(23-5-3-21-4-6-23)12-18(19)22-20-15-8-13-7-14(10-15)11-16(20)9-13/h1-2,12-16,20-22H,3-11H2. The van der Waals surface area contributed by atoms with Crippen LogP contribution in [0.2, 0.25) is 0 Å². The topological polar surface area (TPSA) is 70.4 Å². The molecule has 140 valence electrons. The minimum absolute atomic E-state index is 0.220. The highest BCUT2D eigenvalue weighted by atomic mass is 16.6. The van der Waals surface area contributed by atoms with Crippen molar-refractivity contribution in [2.75, 3.05) is 36.4 Å². The highest BCUT2D eigenvalue weighted by molar-refractivity contribution is 5.69. The van der Waals surface area contributed by atoms with Gasteiger partial charge in [-0.05, 0) is 67.9 Å². The van der Waals surface area contributed by atoms with Gasteiger partial charge in [0.25, 0.3) is 5.69 Å². The van der Waals surface area contributed by atoms with Crippen molar-refractivity contribution in [2.45, 2.75) is 38.1 Å². The normalized spacial score (nSPS) is 35.5. The molecule has 4 aliphatic carbocycles. The van der Waals surface area contributed by atoms with Crippen LogP contribution >= 0.6 is 0 Å². The van der Waals surface area contributed by atoms with E-state index < -0.39 is 0 Å². The Bertz CT molecular complexity index is 673. The second-order valence-electron chi connectivity index (χ2n) is 8.80. The molecule has 0 atom stereocenters. The summed E-state index contributed by atoms with van der Waals surface area (Å²) in [5.74, 6) is 3.23. The number of piperazine rings is 1. The molecule has 6 rings (SSSR count). The summed E-state index contributed by atoms with van der Waals surface area (Å²) in [5, 5.41) is 18.6. The quantitative estimate of drug-likeness (QED) is 0.640. The molecule has 0 spiro atoms.